The van der Waals surface area contributed by atoms with Gasteiger partial charge < -0.3 is 4.90 Å². The van der Waals surface area contributed by atoms with Gasteiger partial charge in [-0.25, -0.2) is 13.4 Å². The smallest absolute Gasteiger partial charge is 0.260 e. The van der Waals surface area contributed by atoms with Crippen LogP contribution in [0.2, 0.25) is 0 Å². The number of hydrogen-bond acceptors (Lipinski definition) is 6. The molecule has 35 heavy (non-hydrogen) atoms. The Morgan fingerprint density at radius 2 is 1.63 bits per heavy atom. The third-order valence-corrected chi connectivity index (χ3v) is 9.32. The summed E-state index contributed by atoms with van der Waals surface area (Å²) in [6.45, 7) is 8.37. The summed E-state index contributed by atoms with van der Waals surface area (Å²) < 4.78 is 28.5. The number of carbonyl (C=O) groups is 1. The number of nitrogens with zero attached hydrogens (tertiary/aromatic N) is 4. The number of anilines is 1. The Morgan fingerprint density at radius 1 is 0.971 bits per heavy atom. The van der Waals surface area contributed by atoms with Crippen LogP contribution in [-0.4, -0.2) is 67.8 Å². The molecule has 7 nitrogen and oxygen atoms in total. The summed E-state index contributed by atoms with van der Waals surface area (Å²) in [7, 11) is -3.53. The van der Waals surface area contributed by atoms with Crippen LogP contribution < -0.4 is 4.90 Å². The van der Waals surface area contributed by atoms with Crippen LogP contribution in [0.15, 0.2) is 53.4 Å². The first kappa shape index (κ1) is 27.5. The van der Waals surface area contributed by atoms with Crippen molar-refractivity contribution >= 4 is 55.0 Å². The third-order valence-electron chi connectivity index (χ3n) is 6.35. The summed E-state index contributed by atoms with van der Waals surface area (Å²) >= 11 is 1.49. The van der Waals surface area contributed by atoms with E-state index in [9.17, 15) is 13.2 Å². The third kappa shape index (κ3) is 6.21. The molecule has 0 unspecified atom stereocenters. The molecule has 3 aromatic rings. The predicted octanol–water partition coefficient (Wildman–Crippen LogP) is 4.88. The fourth-order valence-corrected chi connectivity index (χ4v) is 6.73. The van der Waals surface area contributed by atoms with Gasteiger partial charge in [0.2, 0.25) is 10.0 Å². The summed E-state index contributed by atoms with van der Waals surface area (Å²) in [4.78, 5) is 22.5. The molecule has 1 aliphatic heterocycles. The highest BCUT2D eigenvalue weighted by Crippen LogP contribution is 2.30. The minimum atomic E-state index is -3.53. The van der Waals surface area contributed by atoms with Gasteiger partial charge in [0, 0.05) is 31.7 Å². The van der Waals surface area contributed by atoms with E-state index in [1.165, 1.54) is 11.3 Å². The molecule has 1 fully saturated rings. The molecule has 1 saturated heterocycles. The number of piperidine rings is 1. The van der Waals surface area contributed by atoms with Crippen molar-refractivity contribution < 1.29 is 13.2 Å². The van der Waals surface area contributed by atoms with Gasteiger partial charge in [0.25, 0.3) is 5.91 Å². The summed E-state index contributed by atoms with van der Waals surface area (Å²) in [5.74, 6) is -0.173. The molecule has 1 amide bonds. The second-order valence-corrected chi connectivity index (χ2v) is 11.4. The zero-order valence-electron chi connectivity index (χ0n) is 20.2. The van der Waals surface area contributed by atoms with Crippen LogP contribution in [0.1, 0.15) is 43.5 Å². The van der Waals surface area contributed by atoms with Gasteiger partial charge in [0.15, 0.2) is 5.13 Å². The lowest BCUT2D eigenvalue weighted by Gasteiger charge is -2.26. The molecule has 0 atom stereocenters. The molecule has 4 rings (SSSR count). The highest BCUT2D eigenvalue weighted by molar-refractivity contribution is 7.89. The van der Waals surface area contributed by atoms with Gasteiger partial charge in [0.05, 0.1) is 15.1 Å². The van der Waals surface area contributed by atoms with Crippen molar-refractivity contribution in [1.82, 2.24) is 14.2 Å². The summed E-state index contributed by atoms with van der Waals surface area (Å²) in [5.41, 5.74) is 1.32. The number of thiazole rings is 1. The second-order valence-electron chi connectivity index (χ2n) is 8.44. The minimum absolute atomic E-state index is 0. The molecule has 0 spiro atoms. The normalized spacial score (nSPS) is 14.7. The van der Waals surface area contributed by atoms with Crippen molar-refractivity contribution in [3.8, 4) is 0 Å². The van der Waals surface area contributed by atoms with Crippen LogP contribution in [0.4, 0.5) is 5.13 Å². The molecule has 2 aromatic carbocycles. The standard InChI is InChI=1S/C25H32N4O3S2.ClH/c1-3-27(4-2)18-19-29(25-26-22-10-6-7-11-23(22)33-25)24(30)20-12-14-21(15-13-20)34(31,32)28-16-8-5-9-17-28;/h6-7,10-15H,3-5,8-9,16-19H2,1-2H3;1H. The maximum atomic E-state index is 13.6. The number of rotatable bonds is 9. The van der Waals surface area contributed by atoms with Gasteiger partial charge in [-0.15, -0.1) is 12.4 Å². The van der Waals surface area contributed by atoms with E-state index in [-0.39, 0.29) is 23.2 Å². The highest BCUT2D eigenvalue weighted by Gasteiger charge is 2.27. The lowest BCUT2D eigenvalue weighted by atomic mass is 10.2. The van der Waals surface area contributed by atoms with E-state index in [0.717, 1.165) is 49.1 Å². The Bertz CT molecular complexity index is 1190. The summed E-state index contributed by atoms with van der Waals surface area (Å²) in [5, 5.41) is 0.656. The van der Waals surface area contributed by atoms with Crippen molar-refractivity contribution in [2.24, 2.45) is 0 Å². The van der Waals surface area contributed by atoms with Gasteiger partial charge >= 0.3 is 0 Å². The molecule has 10 heteroatoms. The number of aromatic nitrogens is 1. The zero-order valence-corrected chi connectivity index (χ0v) is 22.7. The Kier molecular flexibility index (Phi) is 9.66. The lowest BCUT2D eigenvalue weighted by Crippen LogP contribution is -2.39. The van der Waals surface area contributed by atoms with E-state index < -0.39 is 10.0 Å². The number of likely N-dealkylation sites (N-methyl/N-ethyl adjacent to an activating group) is 1. The monoisotopic (exact) mass is 536 g/mol. The van der Waals surface area contributed by atoms with Crippen molar-refractivity contribution in [1.29, 1.82) is 0 Å². The second kappa shape index (κ2) is 12.3. The van der Waals surface area contributed by atoms with E-state index in [4.69, 9.17) is 4.98 Å². The molecule has 0 bridgehead atoms. The van der Waals surface area contributed by atoms with E-state index in [1.54, 1.807) is 33.5 Å². The predicted molar refractivity (Wildman–Crippen MR) is 145 cm³/mol. The zero-order chi connectivity index (χ0) is 24.1. The Labute approximate surface area is 218 Å². The molecule has 0 N–H and O–H groups in total. The highest BCUT2D eigenvalue weighted by atomic mass is 35.5. The van der Waals surface area contributed by atoms with Crippen LogP contribution in [0, 0.1) is 0 Å². The van der Waals surface area contributed by atoms with Gasteiger partial charge in [-0.05, 0) is 62.3 Å². The number of benzene rings is 2. The largest absolute Gasteiger partial charge is 0.302 e. The Balaban J connectivity index is 0.00000342. The number of para-hydroxylation sites is 1. The summed E-state index contributed by atoms with van der Waals surface area (Å²) in [6, 6.07) is 14.2. The quantitative estimate of drug-likeness (QED) is 0.389. The van der Waals surface area contributed by atoms with Gasteiger partial charge in [0.1, 0.15) is 0 Å². The van der Waals surface area contributed by atoms with Crippen LogP contribution in [0.25, 0.3) is 10.2 Å². The van der Waals surface area contributed by atoms with Crippen molar-refractivity contribution in [2.75, 3.05) is 44.2 Å². The van der Waals surface area contributed by atoms with Gasteiger partial charge in [-0.3, -0.25) is 9.69 Å². The van der Waals surface area contributed by atoms with Crippen molar-refractivity contribution in [3.05, 3.63) is 54.1 Å². The number of halogens is 1. The van der Waals surface area contributed by atoms with Crippen LogP contribution in [0.3, 0.4) is 0 Å². The number of sulfonamides is 1. The van der Waals surface area contributed by atoms with Gasteiger partial charge in [-0.1, -0.05) is 43.7 Å². The maximum Gasteiger partial charge on any atom is 0.260 e. The van der Waals surface area contributed by atoms with E-state index >= 15 is 0 Å². The van der Waals surface area contributed by atoms with E-state index in [1.807, 2.05) is 24.3 Å². The first-order chi connectivity index (χ1) is 16.4. The average Bonchev–Trinajstić information content (AvgIpc) is 3.31. The maximum absolute atomic E-state index is 13.6. The molecule has 190 valence electrons. The molecular formula is C25H33ClN4O3S2. The first-order valence-corrected chi connectivity index (χ1v) is 14.2. The van der Waals surface area contributed by atoms with Crippen LogP contribution >= 0.6 is 23.7 Å². The molecule has 0 saturated carbocycles. The Morgan fingerprint density at radius 3 is 2.26 bits per heavy atom. The fraction of sp³-hybridized carbons (Fsp3) is 0.440. The van der Waals surface area contributed by atoms with Crippen molar-refractivity contribution in [3.63, 3.8) is 0 Å². The molecule has 0 radical (unpaired) electrons. The molecular weight excluding hydrogens is 504 g/mol. The molecule has 0 aliphatic carbocycles. The molecule has 1 aromatic heterocycles. The van der Waals surface area contributed by atoms with E-state index in [2.05, 4.69) is 18.7 Å². The van der Waals surface area contributed by atoms with Crippen molar-refractivity contribution in [2.45, 2.75) is 38.0 Å². The minimum Gasteiger partial charge on any atom is -0.302 e. The fourth-order valence-electron chi connectivity index (χ4n) is 4.22. The topological polar surface area (TPSA) is 73.8 Å². The summed E-state index contributed by atoms with van der Waals surface area (Å²) in [6.07, 6.45) is 2.84. The lowest BCUT2D eigenvalue weighted by molar-refractivity contribution is 0.0983. The number of carbonyl (C=O) groups excluding carboxylic acids is 1. The molecule has 2 heterocycles. The first-order valence-electron chi connectivity index (χ1n) is 11.9. The number of amides is 1. The number of hydrogen-bond donors (Lipinski definition) is 0. The molecule has 1 aliphatic rings. The SMILES string of the molecule is CCN(CC)CCN(C(=O)c1ccc(S(=O)(=O)N2CCCCC2)cc1)c1nc2ccccc2s1.Cl. The van der Waals surface area contributed by atoms with Gasteiger partial charge in [-0.2, -0.15) is 4.31 Å². The number of fused-ring (bicyclic) bond motifs is 1. The van der Waals surface area contributed by atoms with Crippen LogP contribution in [0.5, 0.6) is 0 Å². The Hall–Kier alpha value is -2.04. The van der Waals surface area contributed by atoms with Crippen LogP contribution in [-0.2, 0) is 10.0 Å². The average molecular weight is 537 g/mol. The van der Waals surface area contributed by atoms with E-state index in [0.29, 0.717) is 30.3 Å².